The van der Waals surface area contributed by atoms with Gasteiger partial charge in [0.25, 0.3) is 0 Å². The van der Waals surface area contributed by atoms with Gasteiger partial charge in [-0.3, -0.25) is 0 Å². The zero-order valence-corrected chi connectivity index (χ0v) is 14.3. The highest BCUT2D eigenvalue weighted by atomic mass is 35.5. The van der Waals surface area contributed by atoms with Crippen LogP contribution in [0.25, 0.3) is 0 Å². The van der Waals surface area contributed by atoms with Gasteiger partial charge in [-0.15, -0.1) is 0 Å². The smallest absolute Gasteiger partial charge is 0.231 e. The maximum absolute atomic E-state index is 6.05. The predicted molar refractivity (Wildman–Crippen MR) is 93.0 cm³/mol. The summed E-state index contributed by atoms with van der Waals surface area (Å²) in [6, 6.07) is 0. The molecule has 3 heterocycles. The number of anilines is 2. The van der Waals surface area contributed by atoms with Crippen molar-refractivity contribution in [1.82, 2.24) is 15.0 Å². The molecule has 1 unspecified atom stereocenters. The highest BCUT2D eigenvalue weighted by Crippen LogP contribution is 2.24. The summed E-state index contributed by atoms with van der Waals surface area (Å²) in [6.07, 6.45) is 3.68. The van der Waals surface area contributed by atoms with Crippen LogP contribution in [0.2, 0.25) is 5.28 Å². The Morgan fingerprint density at radius 2 is 2.00 bits per heavy atom. The fourth-order valence-electron chi connectivity index (χ4n) is 2.51. The summed E-state index contributed by atoms with van der Waals surface area (Å²) in [5.74, 6) is 5.00. The lowest BCUT2D eigenvalue weighted by atomic mass is 10.1. The average molecular weight is 346 g/mol. The summed E-state index contributed by atoms with van der Waals surface area (Å²) >= 11 is 10.1. The second-order valence-corrected chi connectivity index (χ2v) is 8.12. The van der Waals surface area contributed by atoms with E-state index in [2.05, 4.69) is 25.2 Å². The van der Waals surface area contributed by atoms with Crippen LogP contribution in [0.15, 0.2) is 0 Å². The molecule has 2 saturated heterocycles. The molecule has 0 saturated carbocycles. The number of piperidine rings is 1. The van der Waals surface area contributed by atoms with E-state index in [1.165, 1.54) is 36.5 Å². The van der Waals surface area contributed by atoms with Crippen molar-refractivity contribution in [2.24, 2.45) is 0 Å². The standard InChI is InChI=1S/C13H20ClN5S2/c14-11-16-12(15-8-10-9-20-6-7-21-10)18-13(17-11)19-4-2-1-3-5-19/h10H,1-9H2,(H,15,16,17,18). The molecule has 21 heavy (non-hydrogen) atoms. The first kappa shape index (κ1) is 15.5. The predicted octanol–water partition coefficient (Wildman–Crippen LogP) is 2.78. The molecule has 0 spiro atoms. The molecule has 0 radical (unpaired) electrons. The van der Waals surface area contributed by atoms with E-state index in [-0.39, 0.29) is 5.28 Å². The van der Waals surface area contributed by atoms with Crippen LogP contribution < -0.4 is 10.2 Å². The lowest BCUT2D eigenvalue weighted by molar-refractivity contribution is 0.567. The van der Waals surface area contributed by atoms with Gasteiger partial charge in [-0.25, -0.2) is 0 Å². The zero-order chi connectivity index (χ0) is 14.5. The van der Waals surface area contributed by atoms with E-state index in [4.69, 9.17) is 11.6 Å². The SMILES string of the molecule is Clc1nc(NCC2CSCCS2)nc(N2CCCCC2)n1. The minimum Gasteiger partial charge on any atom is -0.353 e. The Morgan fingerprint density at radius 3 is 2.76 bits per heavy atom. The second-order valence-electron chi connectivity index (χ2n) is 5.22. The van der Waals surface area contributed by atoms with Gasteiger partial charge >= 0.3 is 0 Å². The Bertz CT molecular complexity index is 464. The Morgan fingerprint density at radius 1 is 1.14 bits per heavy atom. The van der Waals surface area contributed by atoms with E-state index in [0.717, 1.165) is 19.6 Å². The van der Waals surface area contributed by atoms with Crippen molar-refractivity contribution in [2.45, 2.75) is 24.5 Å². The Hall–Kier alpha value is -0.400. The molecule has 1 N–H and O–H groups in total. The molecule has 1 aromatic heterocycles. The highest BCUT2D eigenvalue weighted by Gasteiger charge is 2.17. The topological polar surface area (TPSA) is 53.9 Å². The maximum Gasteiger partial charge on any atom is 0.231 e. The average Bonchev–Trinajstić information content (AvgIpc) is 2.54. The largest absolute Gasteiger partial charge is 0.353 e. The minimum absolute atomic E-state index is 0.277. The van der Waals surface area contributed by atoms with Crippen LogP contribution in [0, 0.1) is 0 Å². The number of thioether (sulfide) groups is 2. The third-order valence-electron chi connectivity index (χ3n) is 3.61. The molecule has 2 fully saturated rings. The van der Waals surface area contributed by atoms with Crippen LogP contribution in [0.1, 0.15) is 19.3 Å². The minimum atomic E-state index is 0.277. The summed E-state index contributed by atoms with van der Waals surface area (Å²) in [5.41, 5.74) is 0. The molecule has 0 aliphatic carbocycles. The Balaban J connectivity index is 1.62. The summed E-state index contributed by atoms with van der Waals surface area (Å²) in [4.78, 5) is 15.2. The quantitative estimate of drug-likeness (QED) is 0.900. The van der Waals surface area contributed by atoms with E-state index in [0.29, 0.717) is 17.1 Å². The molecule has 0 aromatic carbocycles. The maximum atomic E-state index is 6.05. The van der Waals surface area contributed by atoms with E-state index in [1.807, 2.05) is 23.5 Å². The van der Waals surface area contributed by atoms with E-state index in [9.17, 15) is 0 Å². The van der Waals surface area contributed by atoms with Crippen molar-refractivity contribution in [3.05, 3.63) is 5.28 Å². The van der Waals surface area contributed by atoms with Crippen molar-refractivity contribution in [2.75, 3.05) is 47.1 Å². The first-order valence-corrected chi connectivity index (χ1v) is 9.99. The third kappa shape index (κ3) is 4.53. The molecule has 2 aliphatic rings. The molecule has 0 amide bonds. The molecule has 1 aromatic rings. The molecule has 3 rings (SSSR count). The van der Waals surface area contributed by atoms with Crippen LogP contribution in [0.3, 0.4) is 0 Å². The van der Waals surface area contributed by atoms with Gasteiger partial charge in [-0.2, -0.15) is 38.5 Å². The number of nitrogens with one attached hydrogen (secondary N) is 1. The lowest BCUT2D eigenvalue weighted by Crippen LogP contribution is -2.31. The van der Waals surface area contributed by atoms with E-state index in [1.54, 1.807) is 0 Å². The number of nitrogens with zero attached hydrogens (tertiary/aromatic N) is 4. The molecular weight excluding hydrogens is 326 g/mol. The lowest BCUT2D eigenvalue weighted by Gasteiger charge is -2.27. The van der Waals surface area contributed by atoms with E-state index < -0.39 is 0 Å². The molecule has 116 valence electrons. The number of halogens is 1. The summed E-state index contributed by atoms with van der Waals surface area (Å²) in [6.45, 7) is 2.90. The fourth-order valence-corrected chi connectivity index (χ4v) is 5.28. The number of hydrogen-bond donors (Lipinski definition) is 1. The number of hydrogen-bond acceptors (Lipinski definition) is 7. The Labute approximate surface area is 139 Å². The van der Waals surface area contributed by atoms with Crippen LogP contribution >= 0.6 is 35.1 Å². The van der Waals surface area contributed by atoms with Crippen LogP contribution in [-0.4, -0.2) is 57.1 Å². The molecule has 8 heteroatoms. The van der Waals surface area contributed by atoms with Gasteiger partial charge < -0.3 is 10.2 Å². The van der Waals surface area contributed by atoms with Crippen LogP contribution in [-0.2, 0) is 0 Å². The van der Waals surface area contributed by atoms with Crippen molar-refractivity contribution in [3.63, 3.8) is 0 Å². The summed E-state index contributed by atoms with van der Waals surface area (Å²) < 4.78 is 0. The van der Waals surface area contributed by atoms with Gasteiger partial charge in [0.2, 0.25) is 17.2 Å². The van der Waals surface area contributed by atoms with Crippen molar-refractivity contribution in [3.8, 4) is 0 Å². The third-order valence-corrected chi connectivity index (χ3v) is 6.62. The van der Waals surface area contributed by atoms with Gasteiger partial charge in [0.1, 0.15) is 0 Å². The molecular formula is C13H20ClN5S2. The second kappa shape index (κ2) is 7.74. The van der Waals surface area contributed by atoms with Gasteiger partial charge in [0.05, 0.1) is 0 Å². The molecule has 1 atom stereocenters. The number of aromatic nitrogens is 3. The molecule has 0 bridgehead atoms. The fraction of sp³-hybridized carbons (Fsp3) is 0.769. The number of rotatable bonds is 4. The Kier molecular flexibility index (Phi) is 5.71. The van der Waals surface area contributed by atoms with Crippen LogP contribution in [0.4, 0.5) is 11.9 Å². The van der Waals surface area contributed by atoms with Gasteiger partial charge in [0, 0.05) is 42.1 Å². The monoisotopic (exact) mass is 345 g/mol. The molecule has 5 nitrogen and oxygen atoms in total. The van der Waals surface area contributed by atoms with E-state index >= 15 is 0 Å². The summed E-state index contributed by atoms with van der Waals surface area (Å²) in [7, 11) is 0. The molecule has 2 aliphatic heterocycles. The summed E-state index contributed by atoms with van der Waals surface area (Å²) in [5, 5.41) is 4.23. The van der Waals surface area contributed by atoms with Crippen molar-refractivity contribution >= 4 is 47.0 Å². The van der Waals surface area contributed by atoms with Gasteiger partial charge in [-0.1, -0.05) is 0 Å². The van der Waals surface area contributed by atoms with Gasteiger partial charge in [0.15, 0.2) is 0 Å². The first-order valence-electron chi connectivity index (χ1n) is 7.41. The first-order chi connectivity index (χ1) is 10.3. The van der Waals surface area contributed by atoms with Crippen molar-refractivity contribution < 1.29 is 0 Å². The van der Waals surface area contributed by atoms with Crippen molar-refractivity contribution in [1.29, 1.82) is 0 Å². The highest BCUT2D eigenvalue weighted by molar-refractivity contribution is 8.06. The van der Waals surface area contributed by atoms with Crippen LogP contribution in [0.5, 0.6) is 0 Å². The zero-order valence-electron chi connectivity index (χ0n) is 11.9. The normalized spacial score (nSPS) is 23.1. The van der Waals surface area contributed by atoms with Gasteiger partial charge in [-0.05, 0) is 30.9 Å².